The molecule has 1 aromatic carbocycles. The van der Waals surface area contributed by atoms with Crippen molar-refractivity contribution in [3.05, 3.63) is 41.7 Å². The number of nitrogens with one attached hydrogen (secondary N) is 1. The molecule has 0 aliphatic carbocycles. The number of rotatable bonds is 7. The topological polar surface area (TPSA) is 112 Å². The van der Waals surface area contributed by atoms with E-state index in [0.29, 0.717) is 21.8 Å². The van der Waals surface area contributed by atoms with E-state index in [1.165, 1.54) is 27.9 Å². The molecular weight excluding hydrogens is 388 g/mol. The first-order chi connectivity index (χ1) is 13.1. The molecule has 0 saturated carbocycles. The molecule has 3 aromatic rings. The smallest absolute Gasteiger partial charge is 0.316 e. The quantitative estimate of drug-likeness (QED) is 0.363. The number of esters is 1. The van der Waals surface area contributed by atoms with Gasteiger partial charge in [-0.25, -0.2) is 0 Å². The molecule has 0 saturated heterocycles. The number of aromatic nitrogens is 5. The first-order valence-electron chi connectivity index (χ1n) is 7.99. The molecule has 140 valence electrons. The lowest BCUT2D eigenvalue weighted by atomic mass is 10.3. The Morgan fingerprint density at radius 3 is 2.74 bits per heavy atom. The van der Waals surface area contributed by atoms with Gasteiger partial charge in [-0.2, -0.15) is 9.90 Å². The van der Waals surface area contributed by atoms with Crippen molar-refractivity contribution in [1.82, 2.24) is 25.2 Å². The fourth-order valence-corrected chi connectivity index (χ4v) is 3.61. The second kappa shape index (κ2) is 8.73. The first-order valence-corrected chi connectivity index (χ1v) is 9.79. The number of aryl methyl sites for hydroxylation is 1. The summed E-state index contributed by atoms with van der Waals surface area (Å²) < 4.78 is 5.41. The predicted molar refractivity (Wildman–Crippen MR) is 101 cm³/mol. The lowest BCUT2D eigenvalue weighted by Gasteiger charge is -1.99. The maximum atomic E-state index is 12.5. The van der Waals surface area contributed by atoms with Crippen molar-refractivity contribution in [3.63, 3.8) is 0 Å². The van der Waals surface area contributed by atoms with Gasteiger partial charge in [0.2, 0.25) is 5.13 Å². The molecule has 1 N–H and O–H groups in total. The van der Waals surface area contributed by atoms with E-state index in [1.54, 1.807) is 13.8 Å². The van der Waals surface area contributed by atoms with Gasteiger partial charge in [0.25, 0.3) is 5.91 Å². The van der Waals surface area contributed by atoms with Crippen LogP contribution in [-0.2, 0) is 9.53 Å². The summed E-state index contributed by atoms with van der Waals surface area (Å²) in [5.74, 6) is -0.606. The Hall–Kier alpha value is -2.79. The van der Waals surface area contributed by atoms with Crippen LogP contribution in [0.3, 0.4) is 0 Å². The minimum atomic E-state index is -0.423. The van der Waals surface area contributed by atoms with Crippen molar-refractivity contribution in [2.24, 2.45) is 0 Å². The fraction of sp³-hybridized carbons (Fsp3) is 0.250. The highest BCUT2D eigenvalue weighted by Crippen LogP contribution is 2.25. The zero-order valence-corrected chi connectivity index (χ0v) is 16.2. The summed E-state index contributed by atoms with van der Waals surface area (Å²) in [5, 5.41) is 19.3. The summed E-state index contributed by atoms with van der Waals surface area (Å²) in [4.78, 5) is 25.2. The number of anilines is 1. The van der Waals surface area contributed by atoms with Crippen molar-refractivity contribution in [2.45, 2.75) is 18.2 Å². The number of nitrogens with zero attached hydrogens (tertiary/aromatic N) is 5. The maximum absolute atomic E-state index is 12.5. The summed E-state index contributed by atoms with van der Waals surface area (Å²) in [5.41, 5.74) is 1.46. The molecule has 1 amide bonds. The highest BCUT2D eigenvalue weighted by atomic mass is 32.2. The van der Waals surface area contributed by atoms with Crippen molar-refractivity contribution in [1.29, 1.82) is 0 Å². The maximum Gasteiger partial charge on any atom is 0.316 e. The number of ether oxygens (including phenoxy) is 1. The minimum Gasteiger partial charge on any atom is -0.465 e. The molecule has 27 heavy (non-hydrogen) atoms. The zero-order valence-electron chi connectivity index (χ0n) is 14.6. The molecule has 0 radical (unpaired) electrons. The van der Waals surface area contributed by atoms with Crippen LogP contribution in [0.25, 0.3) is 5.69 Å². The summed E-state index contributed by atoms with van der Waals surface area (Å²) in [6.07, 6.45) is 0. The molecule has 0 aliphatic rings. The second-order valence-corrected chi connectivity index (χ2v) is 7.38. The molecule has 11 heteroatoms. The molecule has 0 aliphatic heterocycles. The third-order valence-electron chi connectivity index (χ3n) is 3.23. The summed E-state index contributed by atoms with van der Waals surface area (Å²) in [7, 11) is 0. The van der Waals surface area contributed by atoms with Crippen LogP contribution in [-0.4, -0.2) is 49.4 Å². The van der Waals surface area contributed by atoms with Crippen LogP contribution in [0, 0.1) is 6.92 Å². The molecule has 2 aromatic heterocycles. The second-order valence-electron chi connectivity index (χ2n) is 5.18. The van der Waals surface area contributed by atoms with Gasteiger partial charge in [0.15, 0.2) is 10.0 Å². The van der Waals surface area contributed by atoms with E-state index < -0.39 is 5.91 Å². The van der Waals surface area contributed by atoms with Gasteiger partial charge in [-0.1, -0.05) is 41.3 Å². The van der Waals surface area contributed by atoms with Crippen molar-refractivity contribution < 1.29 is 14.3 Å². The number of benzene rings is 1. The van der Waals surface area contributed by atoms with Gasteiger partial charge in [0, 0.05) is 0 Å². The standard InChI is InChI=1S/C16H16N6O3S2/c1-3-25-12(23)9-26-16-19-18-15(27-16)17-14(24)13-10(2)20-22(21-13)11-7-5-4-6-8-11/h4-8H,3,9H2,1-2H3,(H,17,18,24). The Morgan fingerprint density at radius 1 is 1.22 bits per heavy atom. The molecule has 0 bridgehead atoms. The Kier molecular flexibility index (Phi) is 6.14. The van der Waals surface area contributed by atoms with E-state index in [9.17, 15) is 9.59 Å². The SMILES string of the molecule is CCOC(=O)CSc1nnc(NC(=O)c2nn(-c3ccccc3)nc2C)s1. The summed E-state index contributed by atoms with van der Waals surface area (Å²) >= 11 is 2.37. The zero-order chi connectivity index (χ0) is 19.2. The fourth-order valence-electron chi connectivity index (χ4n) is 2.06. The Morgan fingerprint density at radius 2 is 2.00 bits per heavy atom. The van der Waals surface area contributed by atoms with Crippen molar-refractivity contribution in [2.75, 3.05) is 17.7 Å². The van der Waals surface area contributed by atoms with Crippen LogP contribution < -0.4 is 5.32 Å². The van der Waals surface area contributed by atoms with Gasteiger partial charge in [-0.05, 0) is 26.0 Å². The van der Waals surface area contributed by atoms with Gasteiger partial charge >= 0.3 is 5.97 Å². The Bertz CT molecular complexity index is 941. The summed E-state index contributed by atoms with van der Waals surface area (Å²) in [6, 6.07) is 9.31. The average Bonchev–Trinajstić information content (AvgIpc) is 3.27. The highest BCUT2D eigenvalue weighted by Gasteiger charge is 2.18. The van der Waals surface area contributed by atoms with Gasteiger partial charge < -0.3 is 4.74 Å². The Labute approximate surface area is 163 Å². The number of hydrogen-bond acceptors (Lipinski definition) is 9. The number of para-hydroxylation sites is 1. The lowest BCUT2D eigenvalue weighted by molar-refractivity contribution is -0.139. The predicted octanol–water partition coefficient (Wildman–Crippen LogP) is 2.33. The minimum absolute atomic E-state index is 0.140. The molecule has 0 unspecified atom stereocenters. The van der Waals surface area contributed by atoms with Crippen LogP contribution in [0.1, 0.15) is 23.1 Å². The highest BCUT2D eigenvalue weighted by molar-refractivity contribution is 8.01. The summed E-state index contributed by atoms with van der Waals surface area (Å²) in [6.45, 7) is 3.79. The monoisotopic (exact) mass is 404 g/mol. The van der Waals surface area contributed by atoms with Crippen molar-refractivity contribution in [3.8, 4) is 5.69 Å². The number of carbonyl (C=O) groups excluding carboxylic acids is 2. The normalized spacial score (nSPS) is 10.6. The number of hydrogen-bond donors (Lipinski definition) is 1. The number of amides is 1. The Balaban J connectivity index is 1.64. The molecule has 2 heterocycles. The van der Waals surface area contributed by atoms with E-state index in [0.717, 1.165) is 5.69 Å². The third-order valence-corrected chi connectivity index (χ3v) is 5.18. The molecule has 9 nitrogen and oxygen atoms in total. The third kappa shape index (κ3) is 4.89. The van der Waals surface area contributed by atoms with Crippen LogP contribution in [0.5, 0.6) is 0 Å². The number of thioether (sulfide) groups is 1. The van der Waals surface area contributed by atoms with Crippen LogP contribution in [0.2, 0.25) is 0 Å². The van der Waals surface area contributed by atoms with E-state index >= 15 is 0 Å². The molecule has 0 spiro atoms. The van der Waals surface area contributed by atoms with E-state index in [1.807, 2.05) is 30.3 Å². The largest absolute Gasteiger partial charge is 0.465 e. The van der Waals surface area contributed by atoms with Gasteiger partial charge in [-0.15, -0.1) is 15.3 Å². The van der Waals surface area contributed by atoms with Crippen LogP contribution in [0.15, 0.2) is 34.7 Å². The van der Waals surface area contributed by atoms with E-state index in [2.05, 4.69) is 25.7 Å². The molecule has 0 fully saturated rings. The van der Waals surface area contributed by atoms with Crippen LogP contribution in [0.4, 0.5) is 5.13 Å². The van der Waals surface area contributed by atoms with Gasteiger partial charge in [0.05, 0.1) is 23.7 Å². The van der Waals surface area contributed by atoms with E-state index in [4.69, 9.17) is 4.74 Å². The molecular formula is C16H16N6O3S2. The molecule has 0 atom stereocenters. The van der Waals surface area contributed by atoms with Crippen LogP contribution >= 0.6 is 23.1 Å². The molecule has 3 rings (SSSR count). The lowest BCUT2D eigenvalue weighted by Crippen LogP contribution is -2.14. The number of carbonyl (C=O) groups is 2. The average molecular weight is 404 g/mol. The first kappa shape index (κ1) is 19.0. The van der Waals surface area contributed by atoms with Gasteiger partial charge in [0.1, 0.15) is 0 Å². The van der Waals surface area contributed by atoms with Gasteiger partial charge in [-0.3, -0.25) is 14.9 Å². The van der Waals surface area contributed by atoms with E-state index in [-0.39, 0.29) is 17.4 Å². The van der Waals surface area contributed by atoms with Crippen molar-refractivity contribution >= 4 is 40.1 Å².